The van der Waals surface area contributed by atoms with Gasteiger partial charge in [0, 0.05) is 17.1 Å². The summed E-state index contributed by atoms with van der Waals surface area (Å²) in [7, 11) is 3.07. The molecule has 0 aliphatic heterocycles. The fraction of sp³-hybridized carbons (Fsp3) is 0.125. The van der Waals surface area contributed by atoms with Crippen LogP contribution < -0.4 is 20.3 Å². The van der Waals surface area contributed by atoms with Crippen molar-refractivity contribution in [2.75, 3.05) is 19.5 Å². The predicted molar refractivity (Wildman–Crippen MR) is 119 cm³/mol. The van der Waals surface area contributed by atoms with E-state index in [4.69, 9.17) is 9.47 Å². The molecule has 0 bridgehead atoms. The Morgan fingerprint density at radius 3 is 2.29 bits per heavy atom. The fourth-order valence-electron chi connectivity index (χ4n) is 3.37. The van der Waals surface area contributed by atoms with Crippen LogP contribution in [-0.4, -0.2) is 29.9 Å². The molecule has 7 nitrogen and oxygen atoms in total. The van der Waals surface area contributed by atoms with Crippen LogP contribution in [0.1, 0.15) is 16.1 Å². The van der Waals surface area contributed by atoms with Crippen molar-refractivity contribution in [1.82, 2.24) is 9.78 Å². The highest BCUT2D eigenvalue weighted by molar-refractivity contribution is 6.11. The number of amides is 1. The van der Waals surface area contributed by atoms with Gasteiger partial charge in [0.05, 0.1) is 26.2 Å². The Kier molecular flexibility index (Phi) is 5.66. The van der Waals surface area contributed by atoms with E-state index in [9.17, 15) is 9.59 Å². The standard InChI is InChI=1S/C24H21N3O4/c1-30-20-13-12-17(14-21(20)31-2)25-23(28)22-18-10-6-7-11-19(18)24(29)27(26-22)15-16-8-4-3-5-9-16/h3-14H,15H2,1-2H3,(H,25,28). The maximum Gasteiger partial charge on any atom is 0.276 e. The normalized spacial score (nSPS) is 10.6. The highest BCUT2D eigenvalue weighted by Crippen LogP contribution is 2.30. The Balaban J connectivity index is 1.75. The van der Waals surface area contributed by atoms with E-state index in [2.05, 4.69) is 10.4 Å². The molecule has 1 heterocycles. The first-order valence-corrected chi connectivity index (χ1v) is 9.68. The minimum Gasteiger partial charge on any atom is -0.493 e. The van der Waals surface area contributed by atoms with Gasteiger partial charge in [0.25, 0.3) is 11.5 Å². The van der Waals surface area contributed by atoms with Crippen molar-refractivity contribution in [3.8, 4) is 11.5 Å². The molecule has 156 valence electrons. The quantitative estimate of drug-likeness (QED) is 0.519. The molecular formula is C24H21N3O4. The molecule has 31 heavy (non-hydrogen) atoms. The molecule has 0 aliphatic rings. The number of fused-ring (bicyclic) bond motifs is 1. The summed E-state index contributed by atoms with van der Waals surface area (Å²) in [5, 5.41) is 8.17. The van der Waals surface area contributed by atoms with E-state index in [1.807, 2.05) is 30.3 Å². The lowest BCUT2D eigenvalue weighted by Gasteiger charge is -2.13. The molecule has 0 spiro atoms. The fourth-order valence-corrected chi connectivity index (χ4v) is 3.37. The zero-order valence-corrected chi connectivity index (χ0v) is 17.2. The van der Waals surface area contributed by atoms with Crippen LogP contribution in [0.4, 0.5) is 5.69 Å². The van der Waals surface area contributed by atoms with Crippen LogP contribution in [0, 0.1) is 0 Å². The largest absolute Gasteiger partial charge is 0.493 e. The van der Waals surface area contributed by atoms with E-state index < -0.39 is 5.91 Å². The SMILES string of the molecule is COc1ccc(NC(=O)c2nn(Cc3ccccc3)c(=O)c3ccccc23)cc1OC. The first-order valence-electron chi connectivity index (χ1n) is 9.68. The molecule has 0 aliphatic carbocycles. The summed E-state index contributed by atoms with van der Waals surface area (Å²) >= 11 is 0. The Labute approximate surface area is 178 Å². The van der Waals surface area contributed by atoms with Gasteiger partial charge in [-0.15, -0.1) is 0 Å². The van der Waals surface area contributed by atoms with Gasteiger partial charge in [0.2, 0.25) is 0 Å². The maximum atomic E-state index is 13.1. The molecule has 1 aromatic heterocycles. The number of rotatable bonds is 6. The first kappa shape index (κ1) is 20.2. The first-order chi connectivity index (χ1) is 15.1. The third-order valence-electron chi connectivity index (χ3n) is 4.90. The summed E-state index contributed by atoms with van der Waals surface area (Å²) in [5.41, 5.74) is 1.36. The lowest BCUT2D eigenvalue weighted by Crippen LogP contribution is -2.28. The summed E-state index contributed by atoms with van der Waals surface area (Å²) in [5.74, 6) is 0.623. The van der Waals surface area contributed by atoms with Crippen LogP contribution in [0.3, 0.4) is 0 Å². The van der Waals surface area contributed by atoms with Crippen molar-refractivity contribution in [3.05, 3.63) is 94.4 Å². The van der Waals surface area contributed by atoms with Crippen molar-refractivity contribution in [2.24, 2.45) is 0 Å². The van der Waals surface area contributed by atoms with Gasteiger partial charge in [-0.2, -0.15) is 5.10 Å². The van der Waals surface area contributed by atoms with Crippen LogP contribution in [0.5, 0.6) is 11.5 Å². The average molecular weight is 415 g/mol. The van der Waals surface area contributed by atoms with Gasteiger partial charge in [0.1, 0.15) is 0 Å². The minimum absolute atomic E-state index is 0.168. The molecule has 7 heteroatoms. The number of hydrogen-bond acceptors (Lipinski definition) is 5. The lowest BCUT2D eigenvalue weighted by atomic mass is 10.1. The van der Waals surface area contributed by atoms with Crippen LogP contribution in [0.25, 0.3) is 10.8 Å². The van der Waals surface area contributed by atoms with Crippen molar-refractivity contribution >= 4 is 22.4 Å². The number of nitrogens with zero attached hydrogens (tertiary/aromatic N) is 2. The highest BCUT2D eigenvalue weighted by Gasteiger charge is 2.18. The van der Waals surface area contributed by atoms with Gasteiger partial charge >= 0.3 is 0 Å². The van der Waals surface area contributed by atoms with Crippen LogP contribution >= 0.6 is 0 Å². The molecule has 1 N–H and O–H groups in total. The second kappa shape index (κ2) is 8.71. The molecular weight excluding hydrogens is 394 g/mol. The molecule has 0 saturated carbocycles. The summed E-state index contributed by atoms with van der Waals surface area (Å²) in [6.45, 7) is 0.265. The van der Waals surface area contributed by atoms with Crippen molar-refractivity contribution in [2.45, 2.75) is 6.54 Å². The summed E-state index contributed by atoms with van der Waals surface area (Å²) in [4.78, 5) is 26.1. The number of methoxy groups -OCH3 is 2. The molecule has 0 unspecified atom stereocenters. The Hall–Kier alpha value is -4.13. The van der Waals surface area contributed by atoms with E-state index in [0.29, 0.717) is 28.0 Å². The van der Waals surface area contributed by atoms with Gasteiger partial charge in [-0.25, -0.2) is 4.68 Å². The third kappa shape index (κ3) is 4.11. The molecule has 3 aromatic carbocycles. The minimum atomic E-state index is -0.426. The molecule has 4 rings (SSSR count). The van der Waals surface area contributed by atoms with Gasteiger partial charge in [-0.3, -0.25) is 9.59 Å². The van der Waals surface area contributed by atoms with Gasteiger partial charge < -0.3 is 14.8 Å². The molecule has 0 saturated heterocycles. The molecule has 0 fully saturated rings. The average Bonchev–Trinajstić information content (AvgIpc) is 2.81. The Morgan fingerprint density at radius 1 is 0.903 bits per heavy atom. The zero-order valence-electron chi connectivity index (χ0n) is 17.2. The van der Waals surface area contributed by atoms with Crippen molar-refractivity contribution < 1.29 is 14.3 Å². The van der Waals surface area contributed by atoms with Gasteiger partial charge in [-0.05, 0) is 23.8 Å². The maximum absolute atomic E-state index is 13.1. The van der Waals surface area contributed by atoms with Crippen molar-refractivity contribution in [3.63, 3.8) is 0 Å². The van der Waals surface area contributed by atoms with Crippen LogP contribution in [0.15, 0.2) is 77.6 Å². The smallest absolute Gasteiger partial charge is 0.276 e. The number of nitrogens with one attached hydrogen (secondary N) is 1. The monoisotopic (exact) mass is 415 g/mol. The zero-order chi connectivity index (χ0) is 21.8. The van der Waals surface area contributed by atoms with Gasteiger partial charge in [-0.1, -0.05) is 48.5 Å². The molecule has 4 aromatic rings. The second-order valence-electron chi connectivity index (χ2n) is 6.87. The van der Waals surface area contributed by atoms with Crippen LogP contribution in [-0.2, 0) is 6.54 Å². The Morgan fingerprint density at radius 2 is 1.58 bits per heavy atom. The molecule has 0 radical (unpaired) electrons. The highest BCUT2D eigenvalue weighted by atomic mass is 16.5. The Bertz CT molecular complexity index is 1300. The predicted octanol–water partition coefficient (Wildman–Crippen LogP) is 3.71. The summed E-state index contributed by atoms with van der Waals surface area (Å²) < 4.78 is 11.9. The van der Waals surface area contributed by atoms with Crippen molar-refractivity contribution in [1.29, 1.82) is 0 Å². The summed E-state index contributed by atoms with van der Waals surface area (Å²) in [6.07, 6.45) is 0. The molecule has 0 atom stereocenters. The van der Waals surface area contributed by atoms with E-state index >= 15 is 0 Å². The van der Waals surface area contributed by atoms with Gasteiger partial charge in [0.15, 0.2) is 17.2 Å². The summed E-state index contributed by atoms with van der Waals surface area (Å²) in [6, 6.07) is 21.6. The number of benzene rings is 3. The topological polar surface area (TPSA) is 82.5 Å². The number of carbonyl (C=O) groups excluding carboxylic acids is 1. The van der Waals surface area contributed by atoms with E-state index in [1.165, 1.54) is 11.8 Å². The van der Waals surface area contributed by atoms with E-state index in [-0.39, 0.29) is 17.8 Å². The lowest BCUT2D eigenvalue weighted by molar-refractivity contribution is 0.102. The molecule has 1 amide bonds. The number of anilines is 1. The second-order valence-corrected chi connectivity index (χ2v) is 6.87. The number of aromatic nitrogens is 2. The van der Waals surface area contributed by atoms with E-state index in [1.54, 1.807) is 49.6 Å². The number of carbonyl (C=O) groups is 1. The van der Waals surface area contributed by atoms with E-state index in [0.717, 1.165) is 5.56 Å². The van der Waals surface area contributed by atoms with Crippen LogP contribution in [0.2, 0.25) is 0 Å². The third-order valence-corrected chi connectivity index (χ3v) is 4.90. The number of ether oxygens (including phenoxy) is 2. The number of hydrogen-bond donors (Lipinski definition) is 1.